The van der Waals surface area contributed by atoms with E-state index < -0.39 is 5.91 Å². The summed E-state index contributed by atoms with van der Waals surface area (Å²) in [6.45, 7) is 1.83. The smallest absolute Gasteiger partial charge is 0.271 e. The first-order valence-corrected chi connectivity index (χ1v) is 6.64. The molecule has 2 amide bonds. The first kappa shape index (κ1) is 15.0. The van der Waals surface area contributed by atoms with Crippen molar-refractivity contribution in [1.82, 2.24) is 25.2 Å². The molecule has 0 bridgehead atoms. The molecule has 21 heavy (non-hydrogen) atoms. The fourth-order valence-corrected chi connectivity index (χ4v) is 2.25. The van der Waals surface area contributed by atoms with Crippen LogP contribution in [0.25, 0.3) is 0 Å². The second-order valence-electron chi connectivity index (χ2n) is 4.03. The molecule has 0 unspecified atom stereocenters. The Balaban J connectivity index is 1.99. The number of aromatic nitrogens is 5. The minimum Gasteiger partial charge on any atom is -0.377 e. The van der Waals surface area contributed by atoms with Gasteiger partial charge >= 0.3 is 0 Å². The molecule has 3 N–H and O–H groups in total. The fourth-order valence-electron chi connectivity index (χ4n) is 1.52. The zero-order valence-corrected chi connectivity index (χ0v) is 12.2. The number of nitrogens with one attached hydrogen (secondary N) is 1. The first-order valence-electron chi connectivity index (χ1n) is 5.82. The van der Waals surface area contributed by atoms with Crippen LogP contribution in [0.3, 0.4) is 0 Å². The average Bonchev–Trinajstić information content (AvgIpc) is 2.98. The van der Waals surface area contributed by atoms with E-state index >= 15 is 0 Å². The maximum atomic E-state index is 11.9. The Morgan fingerprint density at radius 1 is 1.38 bits per heavy atom. The summed E-state index contributed by atoms with van der Waals surface area (Å²) in [6, 6.07) is 0. The van der Waals surface area contributed by atoms with E-state index in [1.165, 1.54) is 16.0 Å². The summed E-state index contributed by atoms with van der Waals surface area (Å²) in [4.78, 5) is 22.9. The third-order valence-electron chi connectivity index (χ3n) is 2.49. The molecule has 0 radical (unpaired) electrons. The molecule has 112 valence electrons. The summed E-state index contributed by atoms with van der Waals surface area (Å²) in [5, 5.41) is 18.6. The summed E-state index contributed by atoms with van der Waals surface area (Å²) in [6.07, 6.45) is 0. The van der Waals surface area contributed by atoms with E-state index in [2.05, 4.69) is 25.8 Å². The highest BCUT2D eigenvalue weighted by Crippen LogP contribution is 2.15. The predicted molar refractivity (Wildman–Crippen MR) is 72.5 cm³/mol. The van der Waals surface area contributed by atoms with Crippen molar-refractivity contribution in [3.05, 3.63) is 16.4 Å². The summed E-state index contributed by atoms with van der Waals surface area (Å²) < 4.78 is 6.20. The van der Waals surface area contributed by atoms with Crippen molar-refractivity contribution in [2.75, 3.05) is 12.4 Å². The number of methoxy groups -OCH3 is 1. The lowest BCUT2D eigenvalue weighted by Gasteiger charge is -2.02. The minimum atomic E-state index is -0.688. The van der Waals surface area contributed by atoms with Crippen molar-refractivity contribution in [2.24, 2.45) is 5.73 Å². The van der Waals surface area contributed by atoms with Gasteiger partial charge in [0, 0.05) is 7.11 Å². The molecule has 10 nitrogen and oxygen atoms in total. The van der Waals surface area contributed by atoms with E-state index in [-0.39, 0.29) is 18.1 Å². The van der Waals surface area contributed by atoms with Gasteiger partial charge < -0.3 is 10.5 Å². The Kier molecular flexibility index (Phi) is 4.55. The van der Waals surface area contributed by atoms with Crippen molar-refractivity contribution in [3.8, 4) is 0 Å². The molecular formula is C10H13N7O3S. The molecular weight excluding hydrogens is 298 g/mol. The molecule has 2 heterocycles. The van der Waals surface area contributed by atoms with Crippen LogP contribution in [0, 0.1) is 6.92 Å². The van der Waals surface area contributed by atoms with Gasteiger partial charge in [-0.15, -0.1) is 15.3 Å². The zero-order valence-electron chi connectivity index (χ0n) is 11.4. The Labute approximate surface area is 123 Å². The van der Waals surface area contributed by atoms with Crippen molar-refractivity contribution >= 4 is 28.3 Å². The summed E-state index contributed by atoms with van der Waals surface area (Å²) >= 11 is 1.21. The first-order chi connectivity index (χ1) is 10.0. The van der Waals surface area contributed by atoms with Crippen molar-refractivity contribution in [3.63, 3.8) is 0 Å². The molecule has 0 aromatic carbocycles. The number of nitrogens with zero attached hydrogens (tertiary/aromatic N) is 5. The Hall–Kier alpha value is -2.40. The number of nitrogens with two attached hydrogens (primary N) is 1. The van der Waals surface area contributed by atoms with E-state index in [9.17, 15) is 9.59 Å². The lowest BCUT2D eigenvalue weighted by atomic mass is 10.3. The lowest BCUT2D eigenvalue weighted by molar-refractivity contribution is -0.117. The zero-order chi connectivity index (χ0) is 15.4. The van der Waals surface area contributed by atoms with Gasteiger partial charge in [-0.2, -0.15) is 0 Å². The van der Waals surface area contributed by atoms with Crippen LogP contribution in [-0.4, -0.2) is 44.1 Å². The summed E-state index contributed by atoms with van der Waals surface area (Å²) in [7, 11) is 1.55. The van der Waals surface area contributed by atoms with Crippen molar-refractivity contribution < 1.29 is 14.3 Å². The number of amides is 2. The molecule has 0 fully saturated rings. The van der Waals surface area contributed by atoms with Gasteiger partial charge in [0.05, 0.1) is 5.69 Å². The largest absolute Gasteiger partial charge is 0.377 e. The molecule has 0 aliphatic carbocycles. The molecule has 2 rings (SSSR count). The number of hydrogen-bond donors (Lipinski definition) is 2. The van der Waals surface area contributed by atoms with Crippen LogP contribution in [-0.2, 0) is 22.7 Å². The van der Waals surface area contributed by atoms with Gasteiger partial charge in [-0.05, 0) is 6.92 Å². The average molecular weight is 311 g/mol. The fraction of sp³-hybridized carbons (Fsp3) is 0.400. The van der Waals surface area contributed by atoms with Gasteiger partial charge in [0.15, 0.2) is 5.69 Å². The molecule has 2 aromatic heterocycles. The number of anilines is 1. The molecule has 0 spiro atoms. The second kappa shape index (κ2) is 6.37. The van der Waals surface area contributed by atoms with Crippen LogP contribution >= 0.6 is 11.3 Å². The maximum Gasteiger partial charge on any atom is 0.271 e. The Bertz CT molecular complexity index is 665. The maximum absolute atomic E-state index is 11.9. The standard InChI is InChI=1S/C10H13N7O3S/c1-5-8(9(11)19)14-16-17(5)3-6(18)12-10-15-13-7(21-10)4-20-2/h3-4H2,1-2H3,(H2,11,19)(H,12,15,18). The van der Waals surface area contributed by atoms with E-state index in [0.717, 1.165) is 0 Å². The SMILES string of the molecule is COCc1nnc(NC(=O)Cn2nnc(C(N)=O)c2C)s1. The third-order valence-corrected chi connectivity index (χ3v) is 3.30. The van der Waals surface area contributed by atoms with Gasteiger partial charge in [-0.25, -0.2) is 4.68 Å². The highest BCUT2D eigenvalue weighted by atomic mass is 32.1. The Morgan fingerprint density at radius 3 is 2.76 bits per heavy atom. The van der Waals surface area contributed by atoms with E-state index in [0.29, 0.717) is 22.4 Å². The minimum absolute atomic E-state index is 0.0427. The van der Waals surface area contributed by atoms with Crippen molar-refractivity contribution in [1.29, 1.82) is 0 Å². The van der Waals surface area contributed by atoms with Gasteiger partial charge in [0.2, 0.25) is 11.0 Å². The summed E-state index contributed by atoms with van der Waals surface area (Å²) in [5.41, 5.74) is 5.60. The number of rotatable bonds is 6. The highest BCUT2D eigenvalue weighted by Gasteiger charge is 2.16. The molecule has 11 heteroatoms. The Morgan fingerprint density at radius 2 is 2.14 bits per heavy atom. The molecule has 0 saturated heterocycles. The van der Waals surface area contributed by atoms with Crippen LogP contribution in [0.4, 0.5) is 5.13 Å². The van der Waals surface area contributed by atoms with E-state index in [1.54, 1.807) is 14.0 Å². The highest BCUT2D eigenvalue weighted by molar-refractivity contribution is 7.15. The molecule has 2 aromatic rings. The van der Waals surface area contributed by atoms with Crippen LogP contribution in [0.2, 0.25) is 0 Å². The third kappa shape index (κ3) is 3.58. The monoisotopic (exact) mass is 311 g/mol. The van der Waals surface area contributed by atoms with Gasteiger partial charge in [-0.1, -0.05) is 16.6 Å². The van der Waals surface area contributed by atoms with Crippen LogP contribution in [0.5, 0.6) is 0 Å². The quantitative estimate of drug-likeness (QED) is 0.720. The van der Waals surface area contributed by atoms with Crippen LogP contribution in [0.15, 0.2) is 0 Å². The number of hydrogen-bond acceptors (Lipinski definition) is 8. The number of carbonyl (C=O) groups is 2. The number of primary amides is 1. The van der Waals surface area contributed by atoms with Crippen molar-refractivity contribution in [2.45, 2.75) is 20.1 Å². The van der Waals surface area contributed by atoms with Gasteiger partial charge in [0.1, 0.15) is 18.2 Å². The molecule has 0 atom stereocenters. The van der Waals surface area contributed by atoms with E-state index in [1.807, 2.05) is 0 Å². The molecule has 0 aliphatic heterocycles. The molecule has 0 aliphatic rings. The predicted octanol–water partition coefficient (Wildman–Crippen LogP) is -0.678. The normalized spacial score (nSPS) is 10.6. The van der Waals surface area contributed by atoms with Gasteiger partial charge in [0.25, 0.3) is 5.91 Å². The molecule has 0 saturated carbocycles. The van der Waals surface area contributed by atoms with Gasteiger partial charge in [-0.3, -0.25) is 14.9 Å². The topological polar surface area (TPSA) is 138 Å². The second-order valence-corrected chi connectivity index (χ2v) is 5.09. The number of carbonyl (C=O) groups excluding carboxylic acids is 2. The summed E-state index contributed by atoms with van der Waals surface area (Å²) in [5.74, 6) is -1.05. The lowest BCUT2D eigenvalue weighted by Crippen LogP contribution is -2.21. The van der Waals surface area contributed by atoms with Crippen LogP contribution < -0.4 is 11.1 Å². The number of ether oxygens (including phenoxy) is 1. The van der Waals surface area contributed by atoms with Crippen LogP contribution in [0.1, 0.15) is 21.2 Å². The van der Waals surface area contributed by atoms with E-state index in [4.69, 9.17) is 10.5 Å².